The highest BCUT2D eigenvalue weighted by Gasteiger charge is 2.44. The number of nitriles is 3. The first-order valence-corrected chi connectivity index (χ1v) is 13.7. The van der Waals surface area contributed by atoms with Gasteiger partial charge in [0.15, 0.2) is 0 Å². The number of halogens is 10. The Hall–Kier alpha value is -7.28. The van der Waals surface area contributed by atoms with Crippen molar-refractivity contribution in [3.63, 3.8) is 0 Å². The van der Waals surface area contributed by atoms with Crippen molar-refractivity contribution in [2.75, 3.05) is 0 Å². The Kier molecular flexibility index (Phi) is 8.92. The molecule has 52 heavy (non-hydrogen) atoms. The van der Waals surface area contributed by atoms with E-state index in [2.05, 4.69) is 24.0 Å². The molecule has 0 atom stereocenters. The Labute approximate surface area is 283 Å². The lowest BCUT2D eigenvalue weighted by Gasteiger charge is -2.19. The lowest BCUT2D eigenvalue weighted by atomic mass is 9.94. The van der Waals surface area contributed by atoms with Crippen LogP contribution < -0.4 is 19.9 Å². The molecule has 0 aliphatic heterocycles. The van der Waals surface area contributed by atoms with Crippen LogP contribution in [0.5, 0.6) is 11.5 Å². The molecule has 0 bridgehead atoms. The van der Waals surface area contributed by atoms with Crippen LogP contribution in [0.15, 0.2) is 46.8 Å². The minimum absolute atomic E-state index is 0.413. The molecule has 0 amide bonds. The number of benzene rings is 3. The number of nitrogens with zero attached hydrogens (tertiary/aromatic N) is 6. The van der Waals surface area contributed by atoms with E-state index in [1.54, 1.807) is 0 Å². The zero-order valence-electron chi connectivity index (χ0n) is 25.0. The summed E-state index contributed by atoms with van der Waals surface area (Å²) in [5.74, 6) is -10.1. The zero-order chi connectivity index (χ0) is 38.4. The van der Waals surface area contributed by atoms with Gasteiger partial charge in [0.25, 0.3) is 5.69 Å². The maximum Gasteiger partial charge on any atom is 0.573 e. The van der Waals surface area contributed by atoms with Gasteiger partial charge in [0, 0.05) is 34.4 Å². The fraction of sp³-hybridized carbons (Fsp3) is 0.118. The summed E-state index contributed by atoms with van der Waals surface area (Å²) in [6.07, 6.45) is -13.6. The van der Waals surface area contributed by atoms with Gasteiger partial charge in [-0.25, -0.2) is 22.4 Å². The average Bonchev–Trinajstić information content (AvgIpc) is 3.63. The van der Waals surface area contributed by atoms with Gasteiger partial charge in [-0.05, 0) is 52.1 Å². The van der Waals surface area contributed by atoms with Gasteiger partial charge in [0.1, 0.15) is 77.3 Å². The molecule has 0 radical (unpaired) electrons. The molecule has 3 aromatic carbocycles. The highest BCUT2D eigenvalue weighted by atomic mass is 19.4. The SMILES string of the molecule is [C-]#[N+]C([N+]#[C-])=C1Cc2c(OC(F)(F)F)c3c(c(OC(F)(F)F)c2=C1c1cc(F)c([N+]#[C-])c(F)c1)CC(=C(C#N)C#N)C=3c1cc(F)c(C#N)c(F)c1. The zero-order valence-corrected chi connectivity index (χ0v) is 25.0. The van der Waals surface area contributed by atoms with Crippen molar-refractivity contribution in [3.8, 4) is 29.7 Å². The lowest BCUT2D eigenvalue weighted by Crippen LogP contribution is -2.32. The van der Waals surface area contributed by atoms with E-state index in [9.17, 15) is 54.4 Å². The molecule has 5 rings (SSSR count). The molecule has 0 N–H and O–H groups in total. The summed E-state index contributed by atoms with van der Waals surface area (Å²) in [6.45, 7) is 21.9. The number of alkyl halides is 6. The van der Waals surface area contributed by atoms with Crippen LogP contribution >= 0.6 is 0 Å². The first kappa shape index (κ1) is 36.0. The third kappa shape index (κ3) is 6.07. The van der Waals surface area contributed by atoms with Gasteiger partial charge in [-0.3, -0.25) is 0 Å². The predicted octanol–water partition coefficient (Wildman–Crippen LogP) is 7.37. The molecule has 0 unspecified atom stereocenters. The van der Waals surface area contributed by atoms with Crippen LogP contribution in [-0.4, -0.2) is 12.7 Å². The molecule has 0 spiro atoms. The van der Waals surface area contributed by atoms with Gasteiger partial charge in [-0.1, -0.05) is 0 Å². The number of ether oxygens (including phenoxy) is 2. The summed E-state index contributed by atoms with van der Waals surface area (Å²) in [4.78, 5) is 8.60. The quantitative estimate of drug-likeness (QED) is 0.159. The fourth-order valence-electron chi connectivity index (χ4n) is 5.96. The molecule has 0 aromatic heterocycles. The second-order valence-electron chi connectivity index (χ2n) is 10.5. The Balaban J connectivity index is 2.20. The van der Waals surface area contributed by atoms with E-state index in [1.807, 2.05) is 0 Å². The van der Waals surface area contributed by atoms with Crippen molar-refractivity contribution in [1.29, 1.82) is 15.8 Å². The molecule has 0 fully saturated rings. The second-order valence-corrected chi connectivity index (χ2v) is 10.5. The molecule has 256 valence electrons. The summed E-state index contributed by atoms with van der Waals surface area (Å²) in [5.41, 5.74) is -9.62. The van der Waals surface area contributed by atoms with E-state index >= 15 is 0 Å². The van der Waals surface area contributed by atoms with E-state index in [0.29, 0.717) is 24.3 Å². The summed E-state index contributed by atoms with van der Waals surface area (Å²) in [5, 5.41) is 26.5. The number of fused-ring (bicyclic) bond motifs is 2. The van der Waals surface area contributed by atoms with Gasteiger partial charge < -0.3 is 9.47 Å². The van der Waals surface area contributed by atoms with Crippen molar-refractivity contribution in [2.24, 2.45) is 0 Å². The van der Waals surface area contributed by atoms with E-state index in [-0.39, 0.29) is 0 Å². The van der Waals surface area contributed by atoms with Gasteiger partial charge >= 0.3 is 18.5 Å². The van der Waals surface area contributed by atoms with E-state index in [1.165, 1.54) is 18.2 Å². The van der Waals surface area contributed by atoms with Gasteiger partial charge in [-0.2, -0.15) is 25.5 Å². The minimum Gasteiger partial charge on any atom is -0.405 e. The van der Waals surface area contributed by atoms with Crippen molar-refractivity contribution in [2.45, 2.75) is 25.6 Å². The average molecular weight is 722 g/mol. The second kappa shape index (κ2) is 12.9. The standard InChI is InChI=1S/C34H8F10N6O2/c1-48-29-23(37)6-14(7-24(29)38)26-19(32(49-2)50-3)9-18-28(26)30(51-33(39,40)41)17-8-16(15(10-45)11-46)25(27(17)31(18)52-34(42,43)44)13-4-21(35)20(12-47)22(36)5-13/h4-7H,8-9H2. The van der Waals surface area contributed by atoms with Crippen molar-refractivity contribution in [1.82, 2.24) is 0 Å². The number of hydrogen-bond acceptors (Lipinski definition) is 5. The van der Waals surface area contributed by atoms with Gasteiger partial charge in [-0.15, -0.1) is 26.3 Å². The predicted molar refractivity (Wildman–Crippen MR) is 154 cm³/mol. The first-order valence-electron chi connectivity index (χ1n) is 13.7. The van der Waals surface area contributed by atoms with Crippen LogP contribution in [0.4, 0.5) is 49.6 Å². The van der Waals surface area contributed by atoms with Gasteiger partial charge in [0.05, 0.1) is 12.1 Å². The Bertz CT molecular complexity index is 2350. The van der Waals surface area contributed by atoms with Gasteiger partial charge in [0.2, 0.25) is 0 Å². The molecular formula is C34H8F10N6O2. The molecule has 3 aromatic rings. The van der Waals surface area contributed by atoms with E-state index in [4.69, 9.17) is 25.0 Å². The highest BCUT2D eigenvalue weighted by molar-refractivity contribution is 5.92. The monoisotopic (exact) mass is 722 g/mol. The summed E-state index contributed by atoms with van der Waals surface area (Å²) in [6, 6.07) is 5.72. The van der Waals surface area contributed by atoms with Crippen LogP contribution in [0.2, 0.25) is 0 Å². The first-order chi connectivity index (χ1) is 24.4. The molecule has 2 aliphatic carbocycles. The number of hydrogen-bond donors (Lipinski definition) is 0. The lowest BCUT2D eigenvalue weighted by molar-refractivity contribution is -0.277. The third-order valence-electron chi connectivity index (χ3n) is 7.72. The number of allylic oxidation sites excluding steroid dienone is 3. The molecule has 0 saturated heterocycles. The third-order valence-corrected chi connectivity index (χ3v) is 7.72. The van der Waals surface area contributed by atoms with Crippen molar-refractivity contribution < 1.29 is 53.4 Å². The van der Waals surface area contributed by atoms with Crippen molar-refractivity contribution >= 4 is 16.8 Å². The summed E-state index contributed by atoms with van der Waals surface area (Å²) in [7, 11) is 0. The smallest absolute Gasteiger partial charge is 0.405 e. The fourth-order valence-corrected chi connectivity index (χ4v) is 5.96. The largest absolute Gasteiger partial charge is 0.573 e. The van der Waals surface area contributed by atoms with Crippen LogP contribution in [0, 0.1) is 77.0 Å². The molecule has 0 heterocycles. The maximum absolute atomic E-state index is 15.0. The molecule has 2 aliphatic rings. The molecule has 8 nitrogen and oxygen atoms in total. The van der Waals surface area contributed by atoms with Crippen molar-refractivity contribution in [3.05, 3.63) is 143 Å². The molecule has 18 heteroatoms. The van der Waals surface area contributed by atoms with Crippen LogP contribution in [0.1, 0.15) is 27.8 Å². The topological polar surface area (TPSA) is 103 Å². The maximum atomic E-state index is 15.0. The van der Waals surface area contributed by atoms with Crippen LogP contribution in [0.25, 0.3) is 25.7 Å². The summed E-state index contributed by atoms with van der Waals surface area (Å²) >= 11 is 0. The molecule has 0 saturated carbocycles. The van der Waals surface area contributed by atoms with E-state index in [0.717, 1.165) is 0 Å². The molecular weight excluding hydrogens is 714 g/mol. The number of rotatable bonds is 4. The van der Waals surface area contributed by atoms with Crippen LogP contribution in [0.3, 0.4) is 0 Å². The Morgan fingerprint density at radius 2 is 1.06 bits per heavy atom. The Morgan fingerprint density at radius 3 is 1.42 bits per heavy atom. The summed E-state index contributed by atoms with van der Waals surface area (Å²) < 4.78 is 154. The highest BCUT2D eigenvalue weighted by Crippen LogP contribution is 2.44. The van der Waals surface area contributed by atoms with Crippen LogP contribution in [-0.2, 0) is 12.8 Å². The minimum atomic E-state index is -5.70. The normalized spacial score (nSPS) is 13.2. The Morgan fingerprint density at radius 1 is 0.654 bits per heavy atom. The van der Waals surface area contributed by atoms with E-state index < -0.39 is 138 Å².